The number of hydrogen-bond acceptors (Lipinski definition) is 3. The van der Waals surface area contributed by atoms with Crippen LogP contribution in [-0.2, 0) is 15.0 Å². The standard InChI is InChI=1S/C16H20ClNO2S/c1-11(19)21-14-8-15(20)18(9-14)10-16(2,3)12-5-4-6-13(17)7-12/h4-7,14H,8-10H2,1-3H3. The summed E-state index contributed by atoms with van der Waals surface area (Å²) in [6.07, 6.45) is 0.454. The molecule has 21 heavy (non-hydrogen) atoms. The van der Waals surface area contributed by atoms with E-state index < -0.39 is 0 Å². The van der Waals surface area contributed by atoms with Crippen molar-refractivity contribution in [1.82, 2.24) is 4.90 Å². The summed E-state index contributed by atoms with van der Waals surface area (Å²) in [5.74, 6) is 0.129. The van der Waals surface area contributed by atoms with Gasteiger partial charge in [-0.3, -0.25) is 9.59 Å². The first-order valence-electron chi connectivity index (χ1n) is 6.99. The Hall–Kier alpha value is -1.00. The summed E-state index contributed by atoms with van der Waals surface area (Å²) in [5, 5.41) is 0.868. The van der Waals surface area contributed by atoms with Crippen molar-refractivity contribution in [3.8, 4) is 0 Å². The maximum Gasteiger partial charge on any atom is 0.223 e. The highest BCUT2D eigenvalue weighted by molar-refractivity contribution is 8.14. The number of nitrogens with zero attached hydrogens (tertiary/aromatic N) is 1. The van der Waals surface area contributed by atoms with Gasteiger partial charge in [0, 0.05) is 42.1 Å². The van der Waals surface area contributed by atoms with Crippen LogP contribution in [0, 0.1) is 0 Å². The molecule has 1 aromatic rings. The van der Waals surface area contributed by atoms with Gasteiger partial charge in [0.2, 0.25) is 5.91 Å². The van der Waals surface area contributed by atoms with Crippen molar-refractivity contribution in [1.29, 1.82) is 0 Å². The van der Waals surface area contributed by atoms with Crippen molar-refractivity contribution >= 4 is 34.4 Å². The highest BCUT2D eigenvalue weighted by Crippen LogP contribution is 2.30. The molecule has 1 aromatic carbocycles. The van der Waals surface area contributed by atoms with E-state index in [1.54, 1.807) is 6.92 Å². The monoisotopic (exact) mass is 325 g/mol. The molecule has 1 atom stereocenters. The molecular weight excluding hydrogens is 306 g/mol. The fraction of sp³-hybridized carbons (Fsp3) is 0.500. The van der Waals surface area contributed by atoms with Crippen LogP contribution in [0.1, 0.15) is 32.8 Å². The van der Waals surface area contributed by atoms with Gasteiger partial charge in [0.05, 0.1) is 0 Å². The van der Waals surface area contributed by atoms with Gasteiger partial charge in [-0.25, -0.2) is 0 Å². The summed E-state index contributed by atoms with van der Waals surface area (Å²) in [5.41, 5.74) is 0.946. The number of thioether (sulfide) groups is 1. The van der Waals surface area contributed by atoms with Crippen molar-refractivity contribution in [2.24, 2.45) is 0 Å². The predicted octanol–water partition coefficient (Wildman–Crippen LogP) is 3.50. The minimum Gasteiger partial charge on any atom is -0.341 e. The summed E-state index contributed by atoms with van der Waals surface area (Å²) in [6, 6.07) is 7.76. The largest absolute Gasteiger partial charge is 0.341 e. The fourth-order valence-electron chi connectivity index (χ4n) is 2.68. The maximum atomic E-state index is 12.1. The molecule has 0 aliphatic carbocycles. The Morgan fingerprint density at radius 3 is 2.81 bits per heavy atom. The molecule has 1 heterocycles. The van der Waals surface area contributed by atoms with Crippen molar-refractivity contribution in [2.75, 3.05) is 13.1 Å². The van der Waals surface area contributed by atoms with E-state index in [9.17, 15) is 9.59 Å². The van der Waals surface area contributed by atoms with Gasteiger partial charge in [-0.1, -0.05) is 49.3 Å². The third kappa shape index (κ3) is 4.24. The molecular formula is C16H20ClNO2S. The van der Waals surface area contributed by atoms with Gasteiger partial charge >= 0.3 is 0 Å². The normalized spacial score (nSPS) is 19.1. The van der Waals surface area contributed by atoms with Crippen molar-refractivity contribution in [3.63, 3.8) is 0 Å². The lowest BCUT2D eigenvalue weighted by Crippen LogP contribution is -2.38. The Morgan fingerprint density at radius 2 is 2.19 bits per heavy atom. The van der Waals surface area contributed by atoms with Gasteiger partial charge in [0.1, 0.15) is 0 Å². The molecule has 1 aliphatic heterocycles. The number of carbonyl (C=O) groups is 2. The lowest BCUT2D eigenvalue weighted by molar-refractivity contribution is -0.128. The number of likely N-dealkylation sites (tertiary alicyclic amines) is 1. The molecule has 3 nitrogen and oxygen atoms in total. The molecule has 1 saturated heterocycles. The molecule has 0 radical (unpaired) electrons. The SMILES string of the molecule is CC(=O)SC1CC(=O)N(CC(C)(C)c2cccc(Cl)c2)C1. The minimum absolute atomic E-state index is 0.0729. The zero-order valence-corrected chi connectivity index (χ0v) is 14.1. The molecule has 0 spiro atoms. The molecule has 1 unspecified atom stereocenters. The van der Waals surface area contributed by atoms with E-state index in [4.69, 9.17) is 11.6 Å². The summed E-state index contributed by atoms with van der Waals surface area (Å²) in [4.78, 5) is 25.2. The van der Waals surface area contributed by atoms with Gasteiger partial charge in [-0.05, 0) is 17.7 Å². The first-order valence-corrected chi connectivity index (χ1v) is 8.25. The predicted molar refractivity (Wildman–Crippen MR) is 87.7 cm³/mol. The zero-order chi connectivity index (χ0) is 15.6. The van der Waals surface area contributed by atoms with Crippen LogP contribution in [0.5, 0.6) is 0 Å². The molecule has 0 N–H and O–H groups in total. The van der Waals surface area contributed by atoms with Crippen LogP contribution in [0.4, 0.5) is 0 Å². The molecule has 2 rings (SSSR count). The van der Waals surface area contributed by atoms with Gasteiger partial charge < -0.3 is 4.90 Å². The fourth-order valence-corrected chi connectivity index (χ4v) is 3.82. The van der Waals surface area contributed by atoms with Crippen LogP contribution in [-0.4, -0.2) is 34.3 Å². The summed E-state index contributed by atoms with van der Waals surface area (Å²) < 4.78 is 0. The second-order valence-corrected chi connectivity index (χ2v) is 8.02. The maximum absolute atomic E-state index is 12.1. The average Bonchev–Trinajstić information content (AvgIpc) is 2.68. The molecule has 0 saturated carbocycles. The Kier molecular flexibility index (Phi) is 4.99. The van der Waals surface area contributed by atoms with Gasteiger partial charge in [0.25, 0.3) is 0 Å². The molecule has 5 heteroatoms. The van der Waals surface area contributed by atoms with E-state index in [2.05, 4.69) is 13.8 Å². The average molecular weight is 326 g/mol. The van der Waals surface area contributed by atoms with E-state index in [0.717, 1.165) is 5.56 Å². The highest BCUT2D eigenvalue weighted by atomic mass is 35.5. The minimum atomic E-state index is -0.170. The van der Waals surface area contributed by atoms with Gasteiger partial charge in [-0.15, -0.1) is 0 Å². The second kappa shape index (κ2) is 6.41. The van der Waals surface area contributed by atoms with Crippen LogP contribution >= 0.6 is 23.4 Å². The number of benzene rings is 1. The summed E-state index contributed by atoms with van der Waals surface area (Å²) in [6.45, 7) is 7.05. The first-order chi connectivity index (χ1) is 9.78. The number of carbonyl (C=O) groups excluding carboxylic acids is 2. The quantitative estimate of drug-likeness (QED) is 0.850. The molecule has 114 valence electrons. The van der Waals surface area contributed by atoms with E-state index in [0.29, 0.717) is 24.5 Å². The molecule has 1 aliphatic rings. The van der Waals surface area contributed by atoms with Crippen LogP contribution in [0.15, 0.2) is 24.3 Å². The van der Waals surface area contributed by atoms with Crippen LogP contribution < -0.4 is 0 Å². The third-order valence-electron chi connectivity index (χ3n) is 3.70. The Labute approximate surface area is 135 Å². The first kappa shape index (κ1) is 16.4. The van der Waals surface area contributed by atoms with Gasteiger partial charge in [-0.2, -0.15) is 0 Å². The summed E-state index contributed by atoms with van der Waals surface area (Å²) >= 11 is 7.33. The smallest absolute Gasteiger partial charge is 0.223 e. The number of rotatable bonds is 4. The number of amides is 1. The number of halogens is 1. The highest BCUT2D eigenvalue weighted by Gasteiger charge is 2.35. The van der Waals surface area contributed by atoms with Crippen molar-refractivity contribution in [3.05, 3.63) is 34.9 Å². The lowest BCUT2D eigenvalue weighted by Gasteiger charge is -2.31. The molecule has 1 amide bonds. The van der Waals surface area contributed by atoms with Gasteiger partial charge in [0.15, 0.2) is 5.12 Å². The van der Waals surface area contributed by atoms with Crippen molar-refractivity contribution in [2.45, 2.75) is 37.9 Å². The van der Waals surface area contributed by atoms with Crippen LogP contribution in [0.3, 0.4) is 0 Å². The number of hydrogen-bond donors (Lipinski definition) is 0. The third-order valence-corrected chi connectivity index (χ3v) is 4.92. The van der Waals surface area contributed by atoms with E-state index in [1.165, 1.54) is 11.8 Å². The summed E-state index contributed by atoms with van der Waals surface area (Å²) in [7, 11) is 0. The Balaban J connectivity index is 2.06. The molecule has 0 bridgehead atoms. The topological polar surface area (TPSA) is 37.4 Å². The Morgan fingerprint density at radius 1 is 1.48 bits per heavy atom. The zero-order valence-electron chi connectivity index (χ0n) is 12.6. The van der Waals surface area contributed by atoms with E-state index >= 15 is 0 Å². The van der Waals surface area contributed by atoms with E-state index in [1.807, 2.05) is 29.2 Å². The lowest BCUT2D eigenvalue weighted by atomic mass is 9.84. The van der Waals surface area contributed by atoms with E-state index in [-0.39, 0.29) is 21.7 Å². The van der Waals surface area contributed by atoms with Crippen LogP contribution in [0.2, 0.25) is 5.02 Å². The molecule has 1 fully saturated rings. The second-order valence-electron chi connectivity index (χ2n) is 6.10. The Bertz CT molecular complexity index is 559. The molecule has 0 aromatic heterocycles. The van der Waals surface area contributed by atoms with Crippen molar-refractivity contribution < 1.29 is 9.59 Å². The van der Waals surface area contributed by atoms with Crippen LogP contribution in [0.25, 0.3) is 0 Å².